The van der Waals surface area contributed by atoms with Gasteiger partial charge in [0.05, 0.1) is 5.92 Å². The van der Waals surface area contributed by atoms with Gasteiger partial charge in [-0.2, -0.15) is 4.98 Å². The summed E-state index contributed by atoms with van der Waals surface area (Å²) in [6.45, 7) is 3.82. The summed E-state index contributed by atoms with van der Waals surface area (Å²) in [5, 5.41) is 7.30. The smallest absolute Gasteiger partial charge is 0.231 e. The maximum absolute atomic E-state index is 13.3. The zero-order chi connectivity index (χ0) is 13.2. The summed E-state index contributed by atoms with van der Waals surface area (Å²) in [4.78, 5) is 4.42. The van der Waals surface area contributed by atoms with E-state index in [2.05, 4.69) is 15.5 Å². The van der Waals surface area contributed by atoms with Crippen LogP contribution in [0.5, 0.6) is 0 Å². The molecule has 0 radical (unpaired) electrons. The largest absolute Gasteiger partial charge is 0.339 e. The monoisotopic (exact) mass is 261 g/mol. The summed E-state index contributed by atoms with van der Waals surface area (Å²) in [5.74, 6) is 1.10. The fraction of sp³-hybridized carbons (Fsp3) is 0.429. The topological polar surface area (TPSA) is 51.0 Å². The maximum atomic E-state index is 13.3. The molecule has 1 saturated heterocycles. The van der Waals surface area contributed by atoms with Crippen LogP contribution in [0.4, 0.5) is 4.39 Å². The lowest BCUT2D eigenvalue weighted by atomic mass is 10.00. The fourth-order valence-electron chi connectivity index (χ4n) is 2.41. The third-order valence-corrected chi connectivity index (χ3v) is 3.53. The van der Waals surface area contributed by atoms with Crippen LogP contribution >= 0.6 is 0 Å². The van der Waals surface area contributed by atoms with E-state index >= 15 is 0 Å². The van der Waals surface area contributed by atoms with Gasteiger partial charge in [-0.1, -0.05) is 11.2 Å². The van der Waals surface area contributed by atoms with E-state index in [0.717, 1.165) is 31.5 Å². The number of nitrogens with zero attached hydrogens (tertiary/aromatic N) is 2. The standard InChI is InChI=1S/C14H16FN3O/c1-9-4-5-11(15)7-12(9)13-17-14(19-18-13)10-3-2-6-16-8-10/h4-5,7,10,16H,2-3,6,8H2,1H3/t10-/m0/s1. The lowest BCUT2D eigenvalue weighted by Gasteiger charge is -2.18. The Hall–Kier alpha value is -1.75. The number of aryl methyl sites for hydroxylation is 1. The number of hydrogen-bond acceptors (Lipinski definition) is 4. The molecule has 2 aromatic rings. The highest BCUT2D eigenvalue weighted by atomic mass is 19.1. The van der Waals surface area contributed by atoms with E-state index in [0.29, 0.717) is 17.3 Å². The summed E-state index contributed by atoms with van der Waals surface area (Å²) in [6.07, 6.45) is 2.16. The molecule has 1 aliphatic heterocycles. The predicted octanol–water partition coefficient (Wildman–Crippen LogP) is 2.65. The summed E-state index contributed by atoms with van der Waals surface area (Å²) in [6, 6.07) is 4.61. The van der Waals surface area contributed by atoms with Gasteiger partial charge in [0.25, 0.3) is 0 Å². The first-order valence-electron chi connectivity index (χ1n) is 6.55. The van der Waals surface area contributed by atoms with E-state index in [1.807, 2.05) is 6.92 Å². The first-order valence-corrected chi connectivity index (χ1v) is 6.55. The molecule has 1 aliphatic rings. The average molecular weight is 261 g/mol. The van der Waals surface area contributed by atoms with Crippen LogP contribution in [-0.4, -0.2) is 23.2 Å². The number of benzene rings is 1. The van der Waals surface area contributed by atoms with Crippen LogP contribution in [0.2, 0.25) is 0 Å². The minimum atomic E-state index is -0.286. The van der Waals surface area contributed by atoms with Crippen molar-refractivity contribution in [1.29, 1.82) is 0 Å². The first-order chi connectivity index (χ1) is 9.24. The van der Waals surface area contributed by atoms with Gasteiger partial charge in [-0.3, -0.25) is 0 Å². The summed E-state index contributed by atoms with van der Waals surface area (Å²) in [7, 11) is 0. The molecule has 1 N–H and O–H groups in total. The Bertz CT molecular complexity index is 576. The molecule has 1 fully saturated rings. The van der Waals surface area contributed by atoms with Crippen LogP contribution in [0.3, 0.4) is 0 Å². The quantitative estimate of drug-likeness (QED) is 0.903. The number of nitrogens with one attached hydrogen (secondary N) is 1. The van der Waals surface area contributed by atoms with Crippen LogP contribution < -0.4 is 5.32 Å². The van der Waals surface area contributed by atoms with Crippen molar-refractivity contribution in [2.75, 3.05) is 13.1 Å². The Morgan fingerprint density at radius 2 is 2.32 bits per heavy atom. The van der Waals surface area contributed by atoms with E-state index in [9.17, 15) is 4.39 Å². The second-order valence-electron chi connectivity index (χ2n) is 4.96. The number of rotatable bonds is 2. The van der Waals surface area contributed by atoms with Gasteiger partial charge >= 0.3 is 0 Å². The maximum Gasteiger partial charge on any atom is 0.231 e. The van der Waals surface area contributed by atoms with Gasteiger partial charge in [0.2, 0.25) is 11.7 Å². The number of halogens is 1. The first kappa shape index (κ1) is 12.3. The van der Waals surface area contributed by atoms with E-state index < -0.39 is 0 Å². The van der Waals surface area contributed by atoms with Gasteiger partial charge in [0.1, 0.15) is 5.82 Å². The van der Waals surface area contributed by atoms with Crippen LogP contribution in [0.1, 0.15) is 30.2 Å². The van der Waals surface area contributed by atoms with Crippen LogP contribution in [-0.2, 0) is 0 Å². The van der Waals surface area contributed by atoms with E-state index in [4.69, 9.17) is 4.52 Å². The van der Waals surface area contributed by atoms with Gasteiger partial charge in [-0.25, -0.2) is 4.39 Å². The van der Waals surface area contributed by atoms with Gasteiger partial charge < -0.3 is 9.84 Å². The molecular weight excluding hydrogens is 245 g/mol. The molecule has 19 heavy (non-hydrogen) atoms. The molecule has 0 saturated carbocycles. The normalized spacial score (nSPS) is 19.6. The lowest BCUT2D eigenvalue weighted by Crippen LogP contribution is -2.28. The zero-order valence-corrected chi connectivity index (χ0v) is 10.8. The molecule has 3 rings (SSSR count). The molecule has 0 spiro atoms. The minimum Gasteiger partial charge on any atom is -0.339 e. The van der Waals surface area contributed by atoms with Crippen molar-refractivity contribution >= 4 is 0 Å². The van der Waals surface area contributed by atoms with Crippen molar-refractivity contribution in [2.45, 2.75) is 25.7 Å². The van der Waals surface area contributed by atoms with E-state index in [1.165, 1.54) is 12.1 Å². The van der Waals surface area contributed by atoms with Crippen LogP contribution in [0.15, 0.2) is 22.7 Å². The Balaban J connectivity index is 1.89. The molecule has 1 aromatic carbocycles. The molecule has 0 amide bonds. The third kappa shape index (κ3) is 2.51. The molecule has 0 bridgehead atoms. The molecule has 1 aromatic heterocycles. The molecule has 1 atom stereocenters. The predicted molar refractivity (Wildman–Crippen MR) is 69.3 cm³/mol. The SMILES string of the molecule is Cc1ccc(F)cc1-c1noc([C@H]2CCCNC2)n1. The zero-order valence-electron chi connectivity index (χ0n) is 10.8. The molecule has 5 heteroatoms. The van der Waals surface area contributed by atoms with E-state index in [-0.39, 0.29) is 11.7 Å². The highest BCUT2D eigenvalue weighted by Gasteiger charge is 2.22. The molecule has 4 nitrogen and oxygen atoms in total. The number of piperidine rings is 1. The average Bonchev–Trinajstić information content (AvgIpc) is 2.92. The van der Waals surface area contributed by atoms with E-state index in [1.54, 1.807) is 6.07 Å². The summed E-state index contributed by atoms with van der Waals surface area (Å²) in [5.41, 5.74) is 1.63. The molecular formula is C14H16FN3O. The van der Waals surface area contributed by atoms with Crippen molar-refractivity contribution in [3.8, 4) is 11.4 Å². The van der Waals surface area contributed by atoms with Crippen molar-refractivity contribution in [3.63, 3.8) is 0 Å². The van der Waals surface area contributed by atoms with Crippen molar-refractivity contribution in [1.82, 2.24) is 15.5 Å². The van der Waals surface area contributed by atoms with Crippen molar-refractivity contribution < 1.29 is 8.91 Å². The van der Waals surface area contributed by atoms with Crippen molar-refractivity contribution in [3.05, 3.63) is 35.5 Å². The van der Waals surface area contributed by atoms with Crippen LogP contribution in [0, 0.1) is 12.7 Å². The lowest BCUT2D eigenvalue weighted by molar-refractivity contribution is 0.322. The minimum absolute atomic E-state index is 0.267. The highest BCUT2D eigenvalue weighted by Crippen LogP contribution is 2.26. The molecule has 100 valence electrons. The molecule has 0 unspecified atom stereocenters. The Morgan fingerprint density at radius 3 is 3.11 bits per heavy atom. The number of hydrogen-bond donors (Lipinski definition) is 1. The van der Waals surface area contributed by atoms with Crippen LogP contribution in [0.25, 0.3) is 11.4 Å². The van der Waals surface area contributed by atoms with Crippen molar-refractivity contribution in [2.24, 2.45) is 0 Å². The summed E-state index contributed by atoms with van der Waals surface area (Å²) < 4.78 is 18.6. The fourth-order valence-corrected chi connectivity index (χ4v) is 2.41. The van der Waals surface area contributed by atoms with Gasteiger partial charge in [0.15, 0.2) is 0 Å². The highest BCUT2D eigenvalue weighted by molar-refractivity contribution is 5.59. The molecule has 0 aliphatic carbocycles. The van der Waals surface area contributed by atoms with Gasteiger partial charge in [-0.05, 0) is 44.0 Å². The second-order valence-corrected chi connectivity index (χ2v) is 4.96. The Morgan fingerprint density at radius 1 is 1.42 bits per heavy atom. The van der Waals surface area contributed by atoms with Gasteiger partial charge in [0, 0.05) is 12.1 Å². The Labute approximate surface area is 111 Å². The summed E-state index contributed by atoms with van der Waals surface area (Å²) >= 11 is 0. The van der Waals surface area contributed by atoms with Gasteiger partial charge in [-0.15, -0.1) is 0 Å². The molecule has 2 heterocycles. The third-order valence-electron chi connectivity index (χ3n) is 3.53. The second kappa shape index (κ2) is 5.09. The number of aromatic nitrogens is 2. The Kier molecular flexibility index (Phi) is 3.29.